The first-order valence-electron chi connectivity index (χ1n) is 12.8. The van der Waals surface area contributed by atoms with Gasteiger partial charge < -0.3 is 9.80 Å². The molecule has 0 saturated heterocycles. The first-order chi connectivity index (χ1) is 18.5. The van der Waals surface area contributed by atoms with Crippen LogP contribution in [0.4, 0.5) is 5.69 Å². The second kappa shape index (κ2) is 13.2. The molecular weight excluding hydrogens is 459 g/mol. The first kappa shape index (κ1) is 28.1. The minimum Gasteiger partial charge on any atom is -0.316 e. The largest absolute Gasteiger partial charge is 0.316 e. The van der Waals surface area contributed by atoms with Crippen molar-refractivity contribution >= 4 is 12.4 Å². The van der Waals surface area contributed by atoms with E-state index in [4.69, 9.17) is 0 Å². The topological polar surface area (TPSA) is 6.48 Å². The van der Waals surface area contributed by atoms with Gasteiger partial charge in [-0.25, -0.2) is 0 Å². The number of fused-ring (bicyclic) bond motifs is 1. The molecule has 0 aliphatic carbocycles. The number of hydrogen-bond acceptors (Lipinski definition) is 2. The van der Waals surface area contributed by atoms with Crippen LogP contribution in [0.5, 0.6) is 0 Å². The molecule has 0 radical (unpaired) electrons. The summed E-state index contributed by atoms with van der Waals surface area (Å²) in [4.78, 5) is 4.58. The lowest BCUT2D eigenvalue weighted by atomic mass is 9.31. The van der Waals surface area contributed by atoms with Gasteiger partial charge in [-0.2, -0.15) is 0 Å². The van der Waals surface area contributed by atoms with Crippen LogP contribution in [0.1, 0.15) is 20.8 Å². The fourth-order valence-electron chi connectivity index (χ4n) is 5.15. The minimum absolute atomic E-state index is 0.0284. The third-order valence-electron chi connectivity index (χ3n) is 6.71. The fourth-order valence-corrected chi connectivity index (χ4v) is 5.15. The number of rotatable bonds is 10. The van der Waals surface area contributed by atoms with E-state index in [9.17, 15) is 0 Å². The molecule has 38 heavy (non-hydrogen) atoms. The molecule has 190 valence electrons. The van der Waals surface area contributed by atoms with E-state index in [1.54, 1.807) is 6.08 Å². The Kier molecular flexibility index (Phi) is 9.73. The highest BCUT2D eigenvalue weighted by Gasteiger charge is 2.43. The van der Waals surface area contributed by atoms with Crippen LogP contribution in [-0.2, 0) is 0 Å². The lowest BCUT2D eigenvalue weighted by molar-refractivity contribution is 0.547. The van der Waals surface area contributed by atoms with Crippen molar-refractivity contribution in [1.82, 2.24) is 4.90 Å². The molecule has 0 aromatic heterocycles. The SMILES string of the molecule is C=C/C=C\C1=C(C)N(C(/C=C\C=C)=C/C)/C(=C/C=C)C2=C(C=C)N(c3ccccc3)C(C)=C(/C=C\C=C)B12. The Morgan fingerprint density at radius 2 is 1.39 bits per heavy atom. The van der Waals surface area contributed by atoms with Crippen molar-refractivity contribution in [2.45, 2.75) is 20.8 Å². The highest BCUT2D eigenvalue weighted by molar-refractivity contribution is 6.83. The molecule has 2 heterocycles. The van der Waals surface area contributed by atoms with Crippen LogP contribution in [0.25, 0.3) is 0 Å². The maximum Gasteiger partial charge on any atom is 0.251 e. The molecule has 0 amide bonds. The van der Waals surface area contributed by atoms with Gasteiger partial charge in [0.15, 0.2) is 0 Å². The molecule has 1 aromatic carbocycles. The average molecular weight is 497 g/mol. The van der Waals surface area contributed by atoms with Crippen LogP contribution in [0.15, 0.2) is 187 Å². The summed E-state index contributed by atoms with van der Waals surface area (Å²) in [6.07, 6.45) is 25.9. The van der Waals surface area contributed by atoms with Gasteiger partial charge in [0.05, 0.1) is 0 Å². The van der Waals surface area contributed by atoms with E-state index in [1.165, 1.54) is 10.9 Å². The molecule has 0 bridgehead atoms. The van der Waals surface area contributed by atoms with Gasteiger partial charge in [0.1, 0.15) is 0 Å². The predicted molar refractivity (Wildman–Crippen MR) is 169 cm³/mol. The summed E-state index contributed by atoms with van der Waals surface area (Å²) in [6.45, 7) is 26.5. The molecule has 2 nitrogen and oxygen atoms in total. The van der Waals surface area contributed by atoms with Crippen molar-refractivity contribution in [1.29, 1.82) is 0 Å². The van der Waals surface area contributed by atoms with Crippen molar-refractivity contribution in [3.63, 3.8) is 0 Å². The van der Waals surface area contributed by atoms with Crippen molar-refractivity contribution in [2.75, 3.05) is 4.90 Å². The molecule has 0 fully saturated rings. The highest BCUT2D eigenvalue weighted by Crippen LogP contribution is 2.46. The van der Waals surface area contributed by atoms with E-state index in [2.05, 4.69) is 118 Å². The van der Waals surface area contributed by atoms with E-state index in [0.29, 0.717) is 0 Å². The Morgan fingerprint density at radius 1 is 0.789 bits per heavy atom. The number of nitrogens with zero attached hydrogens (tertiary/aromatic N) is 2. The Bertz CT molecular complexity index is 1370. The van der Waals surface area contributed by atoms with Gasteiger partial charge in [-0.05, 0) is 67.5 Å². The van der Waals surface area contributed by atoms with Crippen molar-refractivity contribution in [3.05, 3.63) is 187 Å². The summed E-state index contributed by atoms with van der Waals surface area (Å²) in [7, 11) is 0. The Balaban J connectivity index is 2.56. The molecule has 0 saturated carbocycles. The summed E-state index contributed by atoms with van der Waals surface area (Å²) < 4.78 is 0. The monoisotopic (exact) mass is 496 g/mol. The lowest BCUT2D eigenvalue weighted by Crippen LogP contribution is -2.44. The van der Waals surface area contributed by atoms with Crippen LogP contribution >= 0.6 is 0 Å². The summed E-state index contributed by atoms with van der Waals surface area (Å²) in [5.41, 5.74) is 9.99. The van der Waals surface area contributed by atoms with Gasteiger partial charge in [-0.15, -0.1) is 0 Å². The second-order valence-corrected chi connectivity index (χ2v) is 8.81. The molecule has 0 unspecified atom stereocenters. The maximum atomic E-state index is 4.29. The van der Waals surface area contributed by atoms with Gasteiger partial charge in [0.2, 0.25) is 0 Å². The Labute approximate surface area is 229 Å². The summed E-state index contributed by atoms with van der Waals surface area (Å²) >= 11 is 0. The number of benzene rings is 1. The molecule has 0 N–H and O–H groups in total. The van der Waals surface area contributed by atoms with E-state index < -0.39 is 0 Å². The predicted octanol–water partition coefficient (Wildman–Crippen LogP) is 9.12. The van der Waals surface area contributed by atoms with Crippen molar-refractivity contribution in [2.24, 2.45) is 0 Å². The number of para-hydroxylation sites is 1. The third kappa shape index (κ3) is 5.28. The summed E-state index contributed by atoms with van der Waals surface area (Å²) in [6, 6.07) is 10.4. The van der Waals surface area contributed by atoms with Crippen LogP contribution in [0.2, 0.25) is 0 Å². The Morgan fingerprint density at radius 3 is 1.92 bits per heavy atom. The quantitative estimate of drug-likeness (QED) is 0.235. The number of hydrogen-bond donors (Lipinski definition) is 0. The van der Waals surface area contributed by atoms with E-state index in [-0.39, 0.29) is 6.71 Å². The summed E-state index contributed by atoms with van der Waals surface area (Å²) in [5, 5.41) is 0. The zero-order valence-electron chi connectivity index (χ0n) is 22.9. The van der Waals surface area contributed by atoms with Gasteiger partial charge in [0.25, 0.3) is 6.71 Å². The lowest BCUT2D eigenvalue weighted by Gasteiger charge is -2.45. The normalized spacial score (nSPS) is 17.8. The van der Waals surface area contributed by atoms with Gasteiger partial charge in [-0.3, -0.25) is 0 Å². The van der Waals surface area contributed by atoms with E-state index >= 15 is 0 Å². The first-order valence-corrected chi connectivity index (χ1v) is 12.8. The highest BCUT2D eigenvalue weighted by atomic mass is 15.2. The van der Waals surface area contributed by atoms with Gasteiger partial charge in [-0.1, -0.05) is 112 Å². The third-order valence-corrected chi connectivity index (χ3v) is 6.71. The zero-order valence-corrected chi connectivity index (χ0v) is 22.9. The molecular formula is C35H37BN2. The average Bonchev–Trinajstić information content (AvgIpc) is 2.93. The minimum atomic E-state index is -0.0284. The van der Waals surface area contributed by atoms with Crippen LogP contribution in [0, 0.1) is 0 Å². The standard InChI is InChI=1S/C35H37BN2/c1-9-15-22-29(13-5)37-27(7)31(25-16-10-2)36-32(26-17-11-3)28(8)38(30-23-19-18-20-24-30)33(14-6)35(36)34(37)21-12-4/h9-26H,1-4,6H2,5,7-8H3/b22-15-,25-16-,26-17-,29-13+,34-21+. The van der Waals surface area contributed by atoms with Crippen molar-refractivity contribution < 1.29 is 0 Å². The van der Waals surface area contributed by atoms with E-state index in [1.807, 2.05) is 48.6 Å². The second-order valence-electron chi connectivity index (χ2n) is 8.81. The Hall–Kier alpha value is -4.50. The van der Waals surface area contributed by atoms with E-state index in [0.717, 1.165) is 39.6 Å². The molecule has 2 aliphatic rings. The van der Waals surface area contributed by atoms with Crippen LogP contribution in [-0.4, -0.2) is 11.6 Å². The van der Waals surface area contributed by atoms with Crippen LogP contribution < -0.4 is 4.90 Å². The smallest absolute Gasteiger partial charge is 0.251 e. The molecule has 0 spiro atoms. The summed E-state index contributed by atoms with van der Waals surface area (Å²) in [5.74, 6) is 0. The van der Waals surface area contributed by atoms with Crippen molar-refractivity contribution in [3.8, 4) is 0 Å². The van der Waals surface area contributed by atoms with Crippen LogP contribution in [0.3, 0.4) is 0 Å². The number of allylic oxidation sites excluding steroid dienone is 18. The number of anilines is 1. The van der Waals surface area contributed by atoms with Gasteiger partial charge >= 0.3 is 0 Å². The molecule has 2 aliphatic heterocycles. The molecule has 1 aromatic rings. The zero-order chi connectivity index (χ0) is 27.7. The molecule has 3 rings (SSSR count). The molecule has 0 atom stereocenters. The maximum absolute atomic E-state index is 4.29. The molecule has 3 heteroatoms. The fraction of sp³-hybridized carbons (Fsp3) is 0.0857. The van der Waals surface area contributed by atoms with Gasteiger partial charge in [0, 0.05) is 34.2 Å².